The fraction of sp³-hybridized carbons (Fsp3) is 0.500. The number of imidazole rings is 1. The minimum Gasteiger partial charge on any atom is -0.379 e. The molecule has 152 valence electrons. The van der Waals surface area contributed by atoms with Crippen LogP contribution in [-0.2, 0) is 27.4 Å². The van der Waals surface area contributed by atoms with E-state index >= 15 is 0 Å². The van der Waals surface area contributed by atoms with Crippen molar-refractivity contribution in [1.29, 1.82) is 0 Å². The number of hydrogen-bond acceptors (Lipinski definition) is 5. The zero-order valence-electron chi connectivity index (χ0n) is 16.2. The minimum absolute atomic E-state index is 0.0342. The number of carbonyl (C=O) groups is 1. The van der Waals surface area contributed by atoms with Crippen molar-refractivity contribution in [3.05, 3.63) is 53.1 Å². The molecule has 1 fully saturated rings. The van der Waals surface area contributed by atoms with Crippen LogP contribution in [0.5, 0.6) is 0 Å². The summed E-state index contributed by atoms with van der Waals surface area (Å²) in [6, 6.07) is 7.77. The number of aromatic nitrogens is 2. The molecule has 1 saturated heterocycles. The summed E-state index contributed by atoms with van der Waals surface area (Å²) in [4.78, 5) is 21.2. The molecule has 2 heterocycles. The summed E-state index contributed by atoms with van der Waals surface area (Å²) in [6.07, 6.45) is 3.69. The first-order valence-corrected chi connectivity index (χ1v) is 9.85. The molecule has 7 nitrogen and oxygen atoms in total. The largest absolute Gasteiger partial charge is 0.379 e. The lowest BCUT2D eigenvalue weighted by molar-refractivity contribution is -0.136. The number of hydrogen-bond donors (Lipinski definition) is 0. The maximum absolute atomic E-state index is 12.6. The topological polar surface area (TPSA) is 59.8 Å². The summed E-state index contributed by atoms with van der Waals surface area (Å²) < 4.78 is 12.5. The van der Waals surface area contributed by atoms with Crippen molar-refractivity contribution in [2.24, 2.45) is 0 Å². The zero-order valence-corrected chi connectivity index (χ0v) is 17.0. The van der Waals surface area contributed by atoms with Gasteiger partial charge in [-0.1, -0.05) is 23.7 Å². The molecular formula is C20H27ClN4O3. The Morgan fingerprint density at radius 1 is 1.36 bits per heavy atom. The van der Waals surface area contributed by atoms with Crippen molar-refractivity contribution in [2.45, 2.75) is 13.1 Å². The summed E-state index contributed by atoms with van der Waals surface area (Å²) in [5.74, 6) is 0.805. The smallest absolute Gasteiger partial charge is 0.249 e. The molecule has 0 atom stereocenters. The van der Waals surface area contributed by atoms with Crippen LogP contribution in [0, 0.1) is 0 Å². The van der Waals surface area contributed by atoms with Crippen molar-refractivity contribution in [3.8, 4) is 0 Å². The molecule has 1 aliphatic heterocycles. The molecule has 0 aliphatic carbocycles. The van der Waals surface area contributed by atoms with E-state index in [1.165, 1.54) is 7.11 Å². The number of nitrogens with zero attached hydrogens (tertiary/aromatic N) is 4. The Balaban J connectivity index is 1.66. The molecule has 2 aromatic rings. The summed E-state index contributed by atoms with van der Waals surface area (Å²) in [7, 11) is 1.54. The molecule has 28 heavy (non-hydrogen) atoms. The van der Waals surface area contributed by atoms with E-state index < -0.39 is 0 Å². The fourth-order valence-corrected chi connectivity index (χ4v) is 3.44. The van der Waals surface area contributed by atoms with E-state index in [0.29, 0.717) is 24.7 Å². The van der Waals surface area contributed by atoms with Crippen LogP contribution in [-0.4, -0.2) is 78.4 Å². The maximum atomic E-state index is 12.6. The van der Waals surface area contributed by atoms with E-state index in [1.54, 1.807) is 6.20 Å². The number of rotatable bonds is 9. The van der Waals surface area contributed by atoms with E-state index in [1.807, 2.05) is 39.9 Å². The lowest BCUT2D eigenvalue weighted by Crippen LogP contribution is -2.44. The van der Waals surface area contributed by atoms with Gasteiger partial charge in [0.05, 0.1) is 19.8 Å². The quantitative estimate of drug-likeness (QED) is 0.636. The van der Waals surface area contributed by atoms with Gasteiger partial charge in [0.2, 0.25) is 5.91 Å². The molecule has 1 aliphatic rings. The molecule has 0 bridgehead atoms. The monoisotopic (exact) mass is 406 g/mol. The number of amides is 1. The second-order valence-electron chi connectivity index (χ2n) is 6.80. The van der Waals surface area contributed by atoms with Crippen LogP contribution in [0.15, 0.2) is 36.7 Å². The second-order valence-corrected chi connectivity index (χ2v) is 7.24. The Hall–Kier alpha value is -1.93. The predicted molar refractivity (Wildman–Crippen MR) is 107 cm³/mol. The van der Waals surface area contributed by atoms with Crippen molar-refractivity contribution in [3.63, 3.8) is 0 Å². The molecule has 0 saturated carbocycles. The molecular weight excluding hydrogens is 380 g/mol. The molecule has 0 unspecified atom stereocenters. The maximum Gasteiger partial charge on any atom is 0.249 e. The van der Waals surface area contributed by atoms with Crippen LogP contribution in [0.3, 0.4) is 0 Å². The minimum atomic E-state index is -0.0342. The first-order chi connectivity index (χ1) is 13.7. The van der Waals surface area contributed by atoms with Gasteiger partial charge in [-0.2, -0.15) is 0 Å². The molecule has 3 rings (SSSR count). The predicted octanol–water partition coefficient (Wildman–Crippen LogP) is 1.89. The molecule has 1 amide bonds. The van der Waals surface area contributed by atoms with E-state index in [4.69, 9.17) is 21.1 Å². The molecule has 1 aromatic carbocycles. The van der Waals surface area contributed by atoms with Crippen molar-refractivity contribution < 1.29 is 14.3 Å². The lowest BCUT2D eigenvalue weighted by Gasteiger charge is -2.30. The summed E-state index contributed by atoms with van der Waals surface area (Å²) >= 11 is 6.10. The highest BCUT2D eigenvalue weighted by atomic mass is 35.5. The number of halogens is 1. The van der Waals surface area contributed by atoms with E-state index in [0.717, 1.165) is 44.2 Å². The van der Waals surface area contributed by atoms with Crippen LogP contribution in [0.4, 0.5) is 0 Å². The Kier molecular flexibility index (Phi) is 7.85. The normalized spacial score (nSPS) is 14.9. The third kappa shape index (κ3) is 6.04. The van der Waals surface area contributed by atoms with Crippen molar-refractivity contribution in [2.75, 3.05) is 53.1 Å². The highest BCUT2D eigenvalue weighted by Gasteiger charge is 2.19. The van der Waals surface area contributed by atoms with Gasteiger partial charge in [-0.3, -0.25) is 9.69 Å². The second kappa shape index (κ2) is 10.6. The molecule has 0 radical (unpaired) electrons. The number of carbonyl (C=O) groups excluding carboxylic acids is 1. The van der Waals surface area contributed by atoms with Crippen LogP contribution in [0.1, 0.15) is 11.4 Å². The highest BCUT2D eigenvalue weighted by Crippen LogP contribution is 2.14. The number of benzene rings is 1. The average Bonchev–Trinajstić information content (AvgIpc) is 3.12. The lowest BCUT2D eigenvalue weighted by atomic mass is 10.2. The van der Waals surface area contributed by atoms with Gasteiger partial charge < -0.3 is 18.9 Å². The van der Waals surface area contributed by atoms with Gasteiger partial charge in [-0.15, -0.1) is 0 Å². The van der Waals surface area contributed by atoms with Crippen molar-refractivity contribution in [1.82, 2.24) is 19.4 Å². The van der Waals surface area contributed by atoms with Crippen LogP contribution >= 0.6 is 11.6 Å². The summed E-state index contributed by atoms with van der Waals surface area (Å²) in [6.45, 7) is 5.90. The highest BCUT2D eigenvalue weighted by molar-refractivity contribution is 6.30. The van der Waals surface area contributed by atoms with Crippen LogP contribution in [0.25, 0.3) is 0 Å². The van der Waals surface area contributed by atoms with E-state index in [9.17, 15) is 4.79 Å². The van der Waals surface area contributed by atoms with Gasteiger partial charge in [-0.05, 0) is 17.7 Å². The van der Waals surface area contributed by atoms with Crippen molar-refractivity contribution >= 4 is 17.5 Å². The summed E-state index contributed by atoms with van der Waals surface area (Å²) in [5, 5.41) is 0.710. The van der Waals surface area contributed by atoms with Gasteiger partial charge in [0.25, 0.3) is 0 Å². The number of ether oxygens (including phenoxy) is 2. The Bertz CT molecular complexity index is 761. The molecule has 0 spiro atoms. The Morgan fingerprint density at radius 2 is 2.18 bits per heavy atom. The first-order valence-electron chi connectivity index (χ1n) is 9.47. The first kappa shape index (κ1) is 20.8. The summed E-state index contributed by atoms with van der Waals surface area (Å²) in [5.41, 5.74) is 1.09. The van der Waals surface area contributed by atoms with Gasteiger partial charge in [0, 0.05) is 57.2 Å². The Labute approximate surface area is 170 Å². The molecule has 8 heteroatoms. The third-order valence-corrected chi connectivity index (χ3v) is 5.02. The van der Waals surface area contributed by atoms with Gasteiger partial charge >= 0.3 is 0 Å². The molecule has 1 aromatic heterocycles. The van der Waals surface area contributed by atoms with Gasteiger partial charge in [0.15, 0.2) is 0 Å². The standard InChI is InChI=1S/C20H27ClN4O3/c1-27-16-20(26)25(8-7-23-9-11-28-12-10-23)15-19-22-5-6-24(19)14-17-3-2-4-18(21)13-17/h2-6,13H,7-12,14-16H2,1H3. The number of methoxy groups -OCH3 is 1. The molecule has 0 N–H and O–H groups in total. The van der Waals surface area contributed by atoms with Crippen LogP contribution in [0.2, 0.25) is 5.02 Å². The SMILES string of the molecule is COCC(=O)N(CCN1CCOCC1)Cc1nccn1Cc1cccc(Cl)c1. The van der Waals surface area contributed by atoms with Gasteiger partial charge in [0.1, 0.15) is 12.4 Å². The average molecular weight is 407 g/mol. The van der Waals surface area contributed by atoms with E-state index in [2.05, 4.69) is 9.88 Å². The van der Waals surface area contributed by atoms with E-state index in [-0.39, 0.29) is 12.5 Å². The fourth-order valence-electron chi connectivity index (χ4n) is 3.23. The van der Waals surface area contributed by atoms with Gasteiger partial charge in [-0.25, -0.2) is 4.98 Å². The number of morpholine rings is 1. The Morgan fingerprint density at radius 3 is 2.93 bits per heavy atom. The van der Waals surface area contributed by atoms with Crippen LogP contribution < -0.4 is 0 Å². The third-order valence-electron chi connectivity index (χ3n) is 4.79. The zero-order chi connectivity index (χ0) is 19.8.